The molecule has 4 rings (SSSR count). The molecular formula is C21H22N4O5S. The fourth-order valence-electron chi connectivity index (χ4n) is 3.97. The van der Waals surface area contributed by atoms with Gasteiger partial charge in [0, 0.05) is 23.2 Å². The lowest BCUT2D eigenvalue weighted by molar-refractivity contribution is -0.127. The Morgan fingerprint density at radius 3 is 2.94 bits per heavy atom. The molecule has 9 nitrogen and oxygen atoms in total. The molecule has 0 spiro atoms. The van der Waals surface area contributed by atoms with Crippen molar-refractivity contribution in [1.29, 1.82) is 0 Å². The van der Waals surface area contributed by atoms with Crippen molar-refractivity contribution in [3.8, 4) is 0 Å². The molecule has 5 atom stereocenters. The van der Waals surface area contributed by atoms with E-state index < -0.39 is 37.0 Å². The molecular weight excluding hydrogens is 420 g/mol. The summed E-state index contributed by atoms with van der Waals surface area (Å²) in [6, 6.07) is 2.43. The Morgan fingerprint density at radius 2 is 2.26 bits per heavy atom. The van der Waals surface area contributed by atoms with Crippen LogP contribution in [-0.2, 0) is 9.53 Å². The number of ether oxygens (including phenoxy) is 1. The van der Waals surface area contributed by atoms with Gasteiger partial charge in [-0.25, -0.2) is 4.85 Å². The second kappa shape index (κ2) is 8.28. The summed E-state index contributed by atoms with van der Waals surface area (Å²) >= 11 is 1.55. The first kappa shape index (κ1) is 21.3. The largest absolute Gasteiger partial charge is 0.490 e. The molecule has 1 aromatic carbocycles. The lowest BCUT2D eigenvalue weighted by Crippen LogP contribution is -2.57. The molecule has 2 aromatic heterocycles. The number of allylic oxidation sites excluding steroid dienone is 1. The molecule has 3 heterocycles. The zero-order valence-electron chi connectivity index (χ0n) is 16.9. The molecule has 0 aliphatic carbocycles. The van der Waals surface area contributed by atoms with E-state index >= 15 is 0 Å². The second-order valence-electron chi connectivity index (χ2n) is 7.54. The molecule has 0 unspecified atom stereocenters. The Hall–Kier alpha value is -2.97. The van der Waals surface area contributed by atoms with Gasteiger partial charge in [-0.3, -0.25) is 9.48 Å². The van der Waals surface area contributed by atoms with Gasteiger partial charge in [0.25, 0.3) is 0 Å². The fourth-order valence-corrected chi connectivity index (χ4v) is 4.86. The smallest absolute Gasteiger partial charge is 0.217 e. The normalized spacial score (nSPS) is 23.1. The van der Waals surface area contributed by atoms with E-state index in [-0.39, 0.29) is 5.91 Å². The standard InChI is InChI=1S/C21H22N4O5S/c1-10-6-15(18(23-11(2)27)20(30-10)19(29)16(28)9-26)25-8-13-17(24-25)14(22-3)7-12-4-5-31-21(12)13/h4-8,15-16,18-20,26,28-29H,9H2,1-2H3,(H,23,27)/t15-,16+,18+,19+,20+/m0/s1. The minimum Gasteiger partial charge on any atom is -0.490 e. The summed E-state index contributed by atoms with van der Waals surface area (Å²) in [4.78, 5) is 15.6. The van der Waals surface area contributed by atoms with Gasteiger partial charge in [-0.1, -0.05) is 0 Å². The topological polar surface area (TPSA) is 121 Å². The molecule has 0 bridgehead atoms. The van der Waals surface area contributed by atoms with Crippen molar-refractivity contribution >= 4 is 43.9 Å². The number of carbonyl (C=O) groups excluding carboxylic acids is 1. The van der Waals surface area contributed by atoms with Gasteiger partial charge in [-0.15, -0.1) is 11.3 Å². The van der Waals surface area contributed by atoms with Crippen LogP contribution in [0.2, 0.25) is 0 Å². The summed E-state index contributed by atoms with van der Waals surface area (Å²) in [6.45, 7) is 9.93. The third kappa shape index (κ3) is 3.77. The molecule has 4 N–H and O–H groups in total. The van der Waals surface area contributed by atoms with Gasteiger partial charge < -0.3 is 25.4 Å². The highest BCUT2D eigenvalue weighted by Gasteiger charge is 2.42. The van der Waals surface area contributed by atoms with Crippen LogP contribution in [0.15, 0.2) is 35.5 Å². The van der Waals surface area contributed by atoms with Gasteiger partial charge >= 0.3 is 0 Å². The van der Waals surface area contributed by atoms with Crippen LogP contribution in [0.4, 0.5) is 5.69 Å². The lowest BCUT2D eigenvalue weighted by atomic mass is 9.92. The number of aliphatic hydroxyl groups excluding tert-OH is 3. The van der Waals surface area contributed by atoms with Crippen LogP contribution in [-0.4, -0.2) is 62.0 Å². The van der Waals surface area contributed by atoms with Gasteiger partial charge in [-0.05, 0) is 35.9 Å². The van der Waals surface area contributed by atoms with Gasteiger partial charge in [0.2, 0.25) is 11.6 Å². The Balaban J connectivity index is 1.85. The Morgan fingerprint density at radius 1 is 1.48 bits per heavy atom. The number of thiophene rings is 1. The van der Waals surface area contributed by atoms with Crippen molar-refractivity contribution in [2.75, 3.05) is 6.61 Å². The van der Waals surface area contributed by atoms with E-state index in [9.17, 15) is 20.1 Å². The predicted molar refractivity (Wildman–Crippen MR) is 116 cm³/mol. The van der Waals surface area contributed by atoms with E-state index in [2.05, 4.69) is 15.3 Å². The van der Waals surface area contributed by atoms with Crippen LogP contribution in [0.3, 0.4) is 0 Å². The van der Waals surface area contributed by atoms with Gasteiger partial charge in [-0.2, -0.15) is 5.10 Å². The highest BCUT2D eigenvalue weighted by Crippen LogP contribution is 2.38. The van der Waals surface area contributed by atoms with Crippen molar-refractivity contribution in [3.63, 3.8) is 0 Å². The Kier molecular flexibility index (Phi) is 5.68. The van der Waals surface area contributed by atoms with Crippen LogP contribution in [0.5, 0.6) is 0 Å². The molecule has 162 valence electrons. The first-order valence-electron chi connectivity index (χ1n) is 9.69. The van der Waals surface area contributed by atoms with E-state index in [1.807, 2.05) is 17.6 Å². The Labute approximate surface area is 182 Å². The maximum atomic E-state index is 11.9. The number of nitrogens with one attached hydrogen (secondary N) is 1. The van der Waals surface area contributed by atoms with E-state index in [0.29, 0.717) is 17.0 Å². The molecule has 1 aliphatic rings. The molecule has 1 amide bonds. The van der Waals surface area contributed by atoms with Crippen LogP contribution >= 0.6 is 11.3 Å². The number of aliphatic hydroxyl groups is 3. The predicted octanol–water partition coefficient (Wildman–Crippen LogP) is 1.86. The number of hydrogen-bond donors (Lipinski definition) is 4. The first-order chi connectivity index (χ1) is 14.8. The summed E-state index contributed by atoms with van der Waals surface area (Å²) in [7, 11) is 0. The quantitative estimate of drug-likeness (QED) is 0.448. The minimum atomic E-state index is -1.44. The van der Waals surface area contributed by atoms with Crippen molar-refractivity contribution < 1.29 is 24.9 Å². The number of fused-ring (bicyclic) bond motifs is 3. The van der Waals surface area contributed by atoms with Gasteiger partial charge in [0.05, 0.1) is 31.0 Å². The van der Waals surface area contributed by atoms with E-state index in [4.69, 9.17) is 11.3 Å². The maximum absolute atomic E-state index is 11.9. The van der Waals surface area contributed by atoms with Crippen LogP contribution < -0.4 is 5.32 Å². The van der Waals surface area contributed by atoms with Crippen molar-refractivity contribution in [2.45, 2.75) is 44.2 Å². The first-order valence-corrected chi connectivity index (χ1v) is 10.6. The monoisotopic (exact) mass is 442 g/mol. The third-order valence-corrected chi connectivity index (χ3v) is 6.33. The number of amides is 1. The molecule has 10 heteroatoms. The summed E-state index contributed by atoms with van der Waals surface area (Å²) in [5.74, 6) is 0.133. The molecule has 1 aliphatic heterocycles. The number of benzene rings is 1. The molecule has 0 saturated heterocycles. The summed E-state index contributed by atoms with van der Waals surface area (Å²) in [6.07, 6.45) is -0.312. The molecule has 3 aromatic rings. The average molecular weight is 442 g/mol. The zero-order chi connectivity index (χ0) is 22.3. The number of aromatic nitrogens is 2. The highest BCUT2D eigenvalue weighted by atomic mass is 32.1. The molecule has 31 heavy (non-hydrogen) atoms. The van der Waals surface area contributed by atoms with Gasteiger partial charge in [0.15, 0.2) is 0 Å². The van der Waals surface area contributed by atoms with Crippen LogP contribution in [0.25, 0.3) is 25.8 Å². The fraction of sp³-hybridized carbons (Fsp3) is 0.381. The number of nitrogens with zero attached hydrogens (tertiary/aromatic N) is 3. The molecule has 0 saturated carbocycles. The second-order valence-corrected chi connectivity index (χ2v) is 8.45. The van der Waals surface area contributed by atoms with Crippen LogP contribution in [0, 0.1) is 6.57 Å². The van der Waals surface area contributed by atoms with Crippen molar-refractivity contribution in [2.24, 2.45) is 0 Å². The van der Waals surface area contributed by atoms with Crippen molar-refractivity contribution in [1.82, 2.24) is 15.1 Å². The molecule has 0 radical (unpaired) electrons. The summed E-state index contributed by atoms with van der Waals surface area (Å²) in [5.41, 5.74) is 0.979. The average Bonchev–Trinajstić information content (AvgIpc) is 3.39. The highest BCUT2D eigenvalue weighted by molar-refractivity contribution is 7.18. The summed E-state index contributed by atoms with van der Waals surface area (Å²) < 4.78 is 8.40. The van der Waals surface area contributed by atoms with E-state index in [0.717, 1.165) is 15.5 Å². The zero-order valence-corrected chi connectivity index (χ0v) is 17.7. The summed E-state index contributed by atoms with van der Waals surface area (Å²) in [5, 5.41) is 41.0. The number of hydrogen-bond acceptors (Lipinski definition) is 7. The van der Waals surface area contributed by atoms with Crippen molar-refractivity contribution in [3.05, 3.63) is 47.0 Å². The maximum Gasteiger partial charge on any atom is 0.217 e. The van der Waals surface area contributed by atoms with E-state index in [1.165, 1.54) is 6.92 Å². The lowest BCUT2D eigenvalue weighted by Gasteiger charge is -2.40. The molecule has 0 fully saturated rings. The third-order valence-electron chi connectivity index (χ3n) is 5.37. The van der Waals surface area contributed by atoms with E-state index in [1.54, 1.807) is 35.1 Å². The number of carbonyl (C=O) groups is 1. The number of rotatable bonds is 5. The Bertz CT molecular complexity index is 1210. The minimum absolute atomic E-state index is 0.346. The van der Waals surface area contributed by atoms with Gasteiger partial charge in [0.1, 0.15) is 23.8 Å². The van der Waals surface area contributed by atoms with Crippen LogP contribution in [0.1, 0.15) is 19.9 Å². The SMILES string of the molecule is [C-]#[N+]c1cc2ccsc2c2cn([C@H]3C=C(C)O[C@@H]([C@H](O)[C@H](O)CO)[C@@H]3NC(C)=O)nc12.